The summed E-state index contributed by atoms with van der Waals surface area (Å²) >= 11 is 7.30. The normalized spacial score (nSPS) is 13.2. The van der Waals surface area contributed by atoms with Gasteiger partial charge >= 0.3 is 24.4 Å². The maximum Gasteiger partial charge on any atom is 0.435 e. The van der Waals surface area contributed by atoms with Gasteiger partial charge in [-0.1, -0.05) is 23.6 Å². The molecule has 13 nitrogen and oxygen atoms in total. The lowest BCUT2D eigenvalue weighted by molar-refractivity contribution is -0.142. The Balaban J connectivity index is 1.84. The van der Waals surface area contributed by atoms with E-state index in [9.17, 15) is 67.6 Å². The Morgan fingerprint density at radius 1 is 0.940 bits per heavy atom. The quantitative estimate of drug-likeness (QED) is 0.0631. The third-order valence-electron chi connectivity index (χ3n) is 9.67. The molecule has 360 valence electrons. The maximum absolute atomic E-state index is 14.7. The van der Waals surface area contributed by atoms with E-state index in [1.54, 1.807) is 0 Å². The van der Waals surface area contributed by atoms with Crippen molar-refractivity contribution in [1.29, 1.82) is 0 Å². The highest BCUT2D eigenvalue weighted by molar-refractivity contribution is 8.00. The van der Waals surface area contributed by atoms with Crippen LogP contribution in [0, 0.1) is 23.5 Å². The van der Waals surface area contributed by atoms with Crippen LogP contribution in [0.5, 0.6) is 0 Å². The molecule has 2 N–H and O–H groups in total. The van der Waals surface area contributed by atoms with Gasteiger partial charge in [-0.25, -0.2) is 22.9 Å². The molecule has 0 fully saturated rings. The highest BCUT2D eigenvalue weighted by Crippen LogP contribution is 2.43. The summed E-state index contributed by atoms with van der Waals surface area (Å²) in [6, 6.07) is 4.54. The first-order valence-electron chi connectivity index (χ1n) is 19.1. The van der Waals surface area contributed by atoms with E-state index in [4.69, 9.17) is 11.6 Å². The van der Waals surface area contributed by atoms with Gasteiger partial charge in [0.25, 0.3) is 5.92 Å². The third kappa shape index (κ3) is 12.6. The van der Waals surface area contributed by atoms with Crippen LogP contribution in [0.15, 0.2) is 48.5 Å². The highest BCUT2D eigenvalue weighted by atomic mass is 35.5. The van der Waals surface area contributed by atoms with E-state index in [2.05, 4.69) is 32.3 Å². The zero-order valence-corrected chi connectivity index (χ0v) is 38.1. The van der Waals surface area contributed by atoms with Crippen molar-refractivity contribution in [3.63, 3.8) is 0 Å². The monoisotopic (exact) mass is 1010 g/mol. The highest BCUT2D eigenvalue weighted by Gasteiger charge is 2.40. The van der Waals surface area contributed by atoms with Gasteiger partial charge in [0.15, 0.2) is 11.5 Å². The van der Waals surface area contributed by atoms with Crippen LogP contribution in [0.4, 0.5) is 54.5 Å². The lowest BCUT2D eigenvalue weighted by atomic mass is 9.93. The topological polar surface area (TPSA) is 156 Å². The number of pyridine rings is 1. The van der Waals surface area contributed by atoms with Crippen molar-refractivity contribution in [3.05, 3.63) is 93.5 Å². The van der Waals surface area contributed by atoms with Crippen molar-refractivity contribution in [2.45, 2.75) is 69.3 Å². The van der Waals surface area contributed by atoms with Gasteiger partial charge in [0.2, 0.25) is 5.91 Å². The number of rotatable bonds is 14. The smallest absolute Gasteiger partial charge is 0.435 e. The number of nitrogens with one attached hydrogen (secondary N) is 1. The van der Waals surface area contributed by atoms with Gasteiger partial charge in [-0.3, -0.25) is 23.2 Å². The molecule has 0 radical (unpaired) electrons. The number of aliphatic carboxylic acids is 1. The number of benzene rings is 2. The number of halogens is 11. The zero-order chi connectivity index (χ0) is 50.1. The summed E-state index contributed by atoms with van der Waals surface area (Å²) in [6.45, 7) is -0.609. The van der Waals surface area contributed by atoms with Crippen molar-refractivity contribution < 1.29 is 67.6 Å². The molecule has 0 saturated carbocycles. The van der Waals surface area contributed by atoms with Crippen molar-refractivity contribution in [2.24, 2.45) is 0 Å². The number of hydrogen-bond acceptors (Lipinski definition) is 8. The van der Waals surface area contributed by atoms with Crippen LogP contribution in [0.2, 0.25) is 5.02 Å². The minimum Gasteiger partial charge on any atom is -0.480 e. The fourth-order valence-corrected chi connectivity index (χ4v) is 7.52. The first-order chi connectivity index (χ1) is 30.9. The summed E-state index contributed by atoms with van der Waals surface area (Å²) in [5, 5.41) is 18.5. The van der Waals surface area contributed by atoms with Crippen LogP contribution in [0.25, 0.3) is 22.0 Å². The number of carbonyl (C=O) groups is 3. The summed E-state index contributed by atoms with van der Waals surface area (Å²) in [5.41, 5.74) is -4.47. The number of urea groups is 1. The van der Waals surface area contributed by atoms with Crippen molar-refractivity contribution in [2.75, 3.05) is 30.4 Å². The van der Waals surface area contributed by atoms with Gasteiger partial charge in [0.05, 0.1) is 27.7 Å². The van der Waals surface area contributed by atoms with E-state index in [-0.39, 0.29) is 56.2 Å². The molecular formula is C41H37ClF10N8O5S2. The molecule has 0 bridgehead atoms. The summed E-state index contributed by atoms with van der Waals surface area (Å²) in [5.74, 6) is -3.84. The Labute approximate surface area is 386 Å². The molecule has 0 saturated heterocycles. The lowest BCUT2D eigenvalue weighted by Gasteiger charge is -2.24. The number of amides is 3. The molecule has 0 aliphatic rings. The number of carboxylic acid groups (broad SMARTS) is 1. The Morgan fingerprint density at radius 3 is 2.12 bits per heavy atom. The molecule has 3 aromatic heterocycles. The second kappa shape index (κ2) is 19.8. The van der Waals surface area contributed by atoms with Gasteiger partial charge in [0, 0.05) is 54.5 Å². The number of carboxylic acids is 1. The fourth-order valence-electron chi connectivity index (χ4n) is 6.50. The Kier molecular flexibility index (Phi) is 15.4. The van der Waals surface area contributed by atoms with E-state index in [1.807, 2.05) is 0 Å². The first kappa shape index (κ1) is 52.1. The SMILES string of the molecule is CSN(C(=O)N(C)CC(=O)O)c1nn(CC(F)(F)F)c2c(-c3ccc(C#CC(C)(C)S(C)=O)nc3C(Cc3cc(F)cc(F)c3)NC(=O)Cn3nc(C(F)(F)F)cc3C(C)(F)F)ccc(Cl)c12. The molecule has 2 unspecified atom stereocenters. The number of aromatic nitrogens is 5. The van der Waals surface area contributed by atoms with Crippen LogP contribution in [-0.4, -0.2) is 93.7 Å². The molecule has 0 aliphatic heterocycles. The first-order valence-corrected chi connectivity index (χ1v) is 22.2. The Hall–Kier alpha value is -5.87. The minimum absolute atomic E-state index is 0.0486. The van der Waals surface area contributed by atoms with Gasteiger partial charge < -0.3 is 15.3 Å². The maximum atomic E-state index is 14.7. The van der Waals surface area contributed by atoms with Crippen LogP contribution in [-0.2, 0) is 52.0 Å². The molecule has 26 heteroatoms. The molecule has 67 heavy (non-hydrogen) atoms. The molecule has 0 aliphatic carbocycles. The summed E-state index contributed by atoms with van der Waals surface area (Å²) < 4.78 is 156. The number of likely N-dealkylation sites (N-methyl/N-ethyl adjacent to an activating group) is 1. The number of hydrogen-bond donors (Lipinski definition) is 2. The second-order valence-corrected chi connectivity index (χ2v) is 18.4. The average molecular weight is 1010 g/mol. The number of alkyl halides is 8. The number of fused-ring (bicyclic) bond motifs is 1. The Bertz CT molecular complexity index is 2800. The number of anilines is 1. The third-order valence-corrected chi connectivity index (χ3v) is 12.2. The van der Waals surface area contributed by atoms with Crippen molar-refractivity contribution in [1.82, 2.24) is 34.8 Å². The predicted octanol–water partition coefficient (Wildman–Crippen LogP) is 8.75. The van der Waals surface area contributed by atoms with Gasteiger partial charge in [0.1, 0.15) is 47.4 Å². The van der Waals surface area contributed by atoms with Crippen molar-refractivity contribution in [3.8, 4) is 23.0 Å². The predicted molar refractivity (Wildman–Crippen MR) is 228 cm³/mol. The molecule has 0 spiro atoms. The van der Waals surface area contributed by atoms with Crippen LogP contribution in [0.1, 0.15) is 55.2 Å². The van der Waals surface area contributed by atoms with Crippen LogP contribution >= 0.6 is 23.5 Å². The van der Waals surface area contributed by atoms with Gasteiger partial charge in [-0.2, -0.15) is 45.3 Å². The minimum atomic E-state index is -5.22. The molecule has 3 heterocycles. The fraction of sp³-hybridized carbons (Fsp3) is 0.366. The molecule has 3 amide bonds. The summed E-state index contributed by atoms with van der Waals surface area (Å²) in [4.78, 5) is 44.3. The van der Waals surface area contributed by atoms with Crippen LogP contribution in [0.3, 0.4) is 0 Å². The second-order valence-electron chi connectivity index (χ2n) is 15.3. The van der Waals surface area contributed by atoms with Crippen molar-refractivity contribution >= 4 is 69.0 Å². The van der Waals surface area contributed by atoms with Crippen LogP contribution < -0.4 is 9.62 Å². The number of nitrogens with zero attached hydrogens (tertiary/aromatic N) is 7. The molecule has 5 aromatic rings. The lowest BCUT2D eigenvalue weighted by Crippen LogP contribution is -2.40. The average Bonchev–Trinajstić information content (AvgIpc) is 3.79. The molecule has 5 rings (SSSR count). The molecule has 2 atom stereocenters. The van der Waals surface area contributed by atoms with Gasteiger partial charge in [-0.15, -0.1) is 0 Å². The number of carbonyl (C=O) groups excluding carboxylic acids is 2. The zero-order valence-electron chi connectivity index (χ0n) is 35.7. The largest absolute Gasteiger partial charge is 0.480 e. The van der Waals surface area contributed by atoms with E-state index in [1.165, 1.54) is 50.6 Å². The van der Waals surface area contributed by atoms with E-state index in [0.29, 0.717) is 22.7 Å². The van der Waals surface area contributed by atoms with E-state index < -0.39 is 118 Å². The Morgan fingerprint density at radius 2 is 1.57 bits per heavy atom. The van der Waals surface area contributed by atoms with E-state index >= 15 is 0 Å². The van der Waals surface area contributed by atoms with E-state index in [0.717, 1.165) is 28.4 Å². The standard InChI is InChI=1S/C41H37ClF10N8O5S2/c1-38(2,67(6)65)12-11-24-7-8-25(26-9-10-27(42)33-35(26)59(20-40(47,48)49)56-36(33)60(66-5)37(64)57(4)19-32(62)63)34(53-24)28(15-21-13-22(43)16-23(44)14-21)54-31(61)18-58-30(39(3,45)46)17-29(55-58)41(50,51)52/h7-10,13-14,16-17,28H,15,18-20H2,1-6H3,(H,54,61)(H,62,63). The summed E-state index contributed by atoms with van der Waals surface area (Å²) in [7, 11) is -0.438. The van der Waals surface area contributed by atoms with Gasteiger partial charge in [-0.05, 0) is 80.1 Å². The molecule has 2 aromatic carbocycles. The molecular weight excluding hydrogens is 974 g/mol. The summed E-state index contributed by atoms with van der Waals surface area (Å²) in [6.07, 6.45) is -8.13.